The van der Waals surface area contributed by atoms with Crippen molar-refractivity contribution in [1.82, 2.24) is 15.3 Å². The van der Waals surface area contributed by atoms with Gasteiger partial charge in [0.15, 0.2) is 0 Å². The van der Waals surface area contributed by atoms with Gasteiger partial charge in [-0.15, -0.1) is 0 Å². The second kappa shape index (κ2) is 8.30. The molecule has 0 fully saturated rings. The first-order valence-electron chi connectivity index (χ1n) is 6.69. The molecular weight excluding hydrogens is 242 g/mol. The first-order valence-corrected chi connectivity index (χ1v) is 6.69. The zero-order valence-corrected chi connectivity index (χ0v) is 13.4. The number of nitrogens with zero attached hydrogens (tertiary/aromatic N) is 2. The Morgan fingerprint density at radius 2 is 2.00 bits per heavy atom. The van der Waals surface area contributed by atoms with Crippen LogP contribution in [0.4, 0.5) is 0 Å². The Balaban J connectivity index is 4.90. The summed E-state index contributed by atoms with van der Waals surface area (Å²) in [5, 5.41) is 6.40. The molecule has 5 nitrogen and oxygen atoms in total. The van der Waals surface area contributed by atoms with Crippen LogP contribution in [0.2, 0.25) is 0 Å². The lowest BCUT2D eigenvalue weighted by atomic mass is 10.1. The SMILES string of the molecule is CCC/C(C)=C/C(C)(OC)N(C)N(C)CC(=O)NC. The number of hydrogen-bond donors (Lipinski definition) is 1. The van der Waals surface area contributed by atoms with E-state index in [1.54, 1.807) is 14.2 Å². The topological polar surface area (TPSA) is 44.8 Å². The van der Waals surface area contributed by atoms with E-state index >= 15 is 0 Å². The number of carbonyl (C=O) groups is 1. The van der Waals surface area contributed by atoms with Crippen LogP contribution >= 0.6 is 0 Å². The third-order valence-electron chi connectivity index (χ3n) is 3.38. The van der Waals surface area contributed by atoms with Crippen molar-refractivity contribution in [1.29, 1.82) is 0 Å². The van der Waals surface area contributed by atoms with E-state index in [4.69, 9.17) is 4.74 Å². The summed E-state index contributed by atoms with van der Waals surface area (Å²) in [7, 11) is 7.11. The van der Waals surface area contributed by atoms with Crippen LogP contribution in [0, 0.1) is 0 Å². The van der Waals surface area contributed by atoms with Gasteiger partial charge in [-0.05, 0) is 26.3 Å². The largest absolute Gasteiger partial charge is 0.359 e. The van der Waals surface area contributed by atoms with Crippen LogP contribution in [0.1, 0.15) is 33.6 Å². The summed E-state index contributed by atoms with van der Waals surface area (Å²) in [5.74, 6) is -0.0259. The minimum absolute atomic E-state index is 0.0259. The summed E-state index contributed by atoms with van der Waals surface area (Å²) >= 11 is 0. The number of allylic oxidation sites excluding steroid dienone is 1. The predicted octanol–water partition coefficient (Wildman–Crippen LogP) is 1.62. The molecule has 0 aliphatic heterocycles. The molecule has 1 amide bonds. The van der Waals surface area contributed by atoms with Gasteiger partial charge in [0.25, 0.3) is 0 Å². The minimum Gasteiger partial charge on any atom is -0.359 e. The van der Waals surface area contributed by atoms with Crippen molar-refractivity contribution in [2.24, 2.45) is 0 Å². The number of nitrogens with one attached hydrogen (secondary N) is 1. The Kier molecular flexibility index (Phi) is 7.90. The standard InChI is InChI=1S/C14H29N3O2/c1-8-9-12(2)10-14(3,19-7)17(6)16(5)11-13(18)15-4/h10H,8-9,11H2,1-7H3,(H,15,18)/b12-10+. The van der Waals surface area contributed by atoms with Gasteiger partial charge in [-0.1, -0.05) is 18.9 Å². The van der Waals surface area contributed by atoms with E-state index in [0.717, 1.165) is 12.8 Å². The Morgan fingerprint density at radius 3 is 2.42 bits per heavy atom. The van der Waals surface area contributed by atoms with E-state index in [0.29, 0.717) is 6.54 Å². The van der Waals surface area contributed by atoms with Gasteiger partial charge in [-0.3, -0.25) is 4.79 Å². The number of carbonyl (C=O) groups excluding carboxylic acids is 1. The van der Waals surface area contributed by atoms with Gasteiger partial charge < -0.3 is 10.1 Å². The highest BCUT2D eigenvalue weighted by molar-refractivity contribution is 5.77. The highest BCUT2D eigenvalue weighted by Crippen LogP contribution is 2.21. The molecule has 0 saturated heterocycles. The zero-order valence-electron chi connectivity index (χ0n) is 13.4. The molecule has 5 heteroatoms. The third-order valence-corrected chi connectivity index (χ3v) is 3.38. The first kappa shape index (κ1) is 18.1. The van der Waals surface area contributed by atoms with Crippen LogP contribution in [0.15, 0.2) is 11.6 Å². The number of methoxy groups -OCH3 is 1. The van der Waals surface area contributed by atoms with Crippen LogP contribution in [0.3, 0.4) is 0 Å². The molecule has 0 aromatic rings. The molecule has 0 aromatic heterocycles. The molecule has 0 aliphatic rings. The lowest BCUT2D eigenvalue weighted by Crippen LogP contribution is -2.54. The normalized spacial score (nSPS) is 15.7. The average molecular weight is 271 g/mol. The quantitative estimate of drug-likeness (QED) is 0.414. The van der Waals surface area contributed by atoms with E-state index in [-0.39, 0.29) is 5.91 Å². The van der Waals surface area contributed by atoms with Crippen molar-refractivity contribution < 1.29 is 9.53 Å². The van der Waals surface area contributed by atoms with Crippen molar-refractivity contribution in [2.45, 2.75) is 39.3 Å². The minimum atomic E-state index is -0.554. The molecule has 0 aliphatic carbocycles. The van der Waals surface area contributed by atoms with E-state index in [1.165, 1.54) is 5.57 Å². The molecule has 0 bridgehead atoms. The summed E-state index contributed by atoms with van der Waals surface area (Å²) < 4.78 is 5.63. The maximum Gasteiger partial charge on any atom is 0.235 e. The van der Waals surface area contributed by atoms with Crippen molar-refractivity contribution >= 4 is 5.91 Å². The lowest BCUT2D eigenvalue weighted by molar-refractivity contribution is -0.171. The maximum atomic E-state index is 11.4. The molecule has 19 heavy (non-hydrogen) atoms. The van der Waals surface area contributed by atoms with Crippen molar-refractivity contribution in [2.75, 3.05) is 34.8 Å². The maximum absolute atomic E-state index is 11.4. The molecule has 112 valence electrons. The second-order valence-electron chi connectivity index (χ2n) is 5.01. The predicted molar refractivity (Wildman–Crippen MR) is 78.5 cm³/mol. The lowest BCUT2D eigenvalue weighted by Gasteiger charge is -2.40. The molecule has 0 saturated carbocycles. The summed E-state index contributed by atoms with van der Waals surface area (Å²) in [6.07, 6.45) is 4.27. The molecule has 1 unspecified atom stereocenters. The van der Waals surface area contributed by atoms with Crippen LogP contribution in [0.5, 0.6) is 0 Å². The van der Waals surface area contributed by atoms with E-state index in [9.17, 15) is 4.79 Å². The van der Waals surface area contributed by atoms with Gasteiger partial charge in [0.1, 0.15) is 5.72 Å². The Labute approximate surface area is 117 Å². The summed E-state index contributed by atoms with van der Waals surface area (Å²) in [6.45, 7) is 6.55. The monoisotopic (exact) mass is 271 g/mol. The Hall–Kier alpha value is -0.910. The average Bonchev–Trinajstić information content (AvgIpc) is 2.37. The summed E-state index contributed by atoms with van der Waals surface area (Å²) in [4.78, 5) is 11.4. The van der Waals surface area contributed by atoms with Crippen molar-refractivity contribution in [3.63, 3.8) is 0 Å². The van der Waals surface area contributed by atoms with Gasteiger partial charge in [0.05, 0.1) is 6.54 Å². The molecule has 1 N–H and O–H groups in total. The highest BCUT2D eigenvalue weighted by Gasteiger charge is 2.30. The molecular formula is C14H29N3O2. The number of amides is 1. The molecule has 0 aromatic carbocycles. The number of ether oxygens (including phenoxy) is 1. The fourth-order valence-electron chi connectivity index (χ4n) is 1.94. The molecule has 0 rings (SSSR count). The van der Waals surface area contributed by atoms with Crippen LogP contribution in [-0.4, -0.2) is 56.4 Å². The number of likely N-dealkylation sites (N-methyl/N-ethyl adjacent to an activating group) is 3. The van der Waals surface area contributed by atoms with Crippen LogP contribution < -0.4 is 5.32 Å². The molecule has 0 spiro atoms. The van der Waals surface area contributed by atoms with E-state index in [1.807, 2.05) is 31.0 Å². The number of hydrazine groups is 1. The smallest absolute Gasteiger partial charge is 0.235 e. The van der Waals surface area contributed by atoms with Gasteiger partial charge in [0.2, 0.25) is 5.91 Å². The van der Waals surface area contributed by atoms with Crippen LogP contribution in [0.25, 0.3) is 0 Å². The molecule has 0 heterocycles. The van der Waals surface area contributed by atoms with Gasteiger partial charge in [-0.2, -0.15) is 0 Å². The summed E-state index contributed by atoms with van der Waals surface area (Å²) in [5.41, 5.74) is 0.731. The molecule has 0 radical (unpaired) electrons. The van der Waals surface area contributed by atoms with Crippen molar-refractivity contribution in [3.05, 3.63) is 11.6 Å². The zero-order chi connectivity index (χ0) is 15.1. The van der Waals surface area contributed by atoms with Crippen LogP contribution in [-0.2, 0) is 9.53 Å². The van der Waals surface area contributed by atoms with Gasteiger partial charge in [-0.25, -0.2) is 10.0 Å². The molecule has 1 atom stereocenters. The fourth-order valence-corrected chi connectivity index (χ4v) is 1.94. The van der Waals surface area contributed by atoms with Gasteiger partial charge in [0, 0.05) is 28.3 Å². The highest BCUT2D eigenvalue weighted by atomic mass is 16.5. The third kappa shape index (κ3) is 5.72. The first-order chi connectivity index (χ1) is 8.80. The number of hydrogen-bond acceptors (Lipinski definition) is 4. The number of rotatable bonds is 8. The van der Waals surface area contributed by atoms with Crippen molar-refractivity contribution in [3.8, 4) is 0 Å². The second-order valence-corrected chi connectivity index (χ2v) is 5.01. The fraction of sp³-hybridized carbons (Fsp3) is 0.786. The Bertz CT molecular complexity index is 318. The van der Waals surface area contributed by atoms with Gasteiger partial charge >= 0.3 is 0 Å². The van der Waals surface area contributed by atoms with E-state index < -0.39 is 5.72 Å². The summed E-state index contributed by atoms with van der Waals surface area (Å²) in [6, 6.07) is 0. The Morgan fingerprint density at radius 1 is 1.42 bits per heavy atom. The van der Waals surface area contributed by atoms with E-state index in [2.05, 4.69) is 25.2 Å².